The van der Waals surface area contributed by atoms with E-state index in [2.05, 4.69) is 73.6 Å². The predicted octanol–water partition coefficient (Wildman–Crippen LogP) is 6.21. The van der Waals surface area contributed by atoms with Crippen molar-refractivity contribution in [3.05, 3.63) is 75.0 Å². The molecule has 0 saturated heterocycles. The molecule has 0 radical (unpaired) electrons. The Labute approximate surface area is 139 Å². The van der Waals surface area contributed by atoms with Gasteiger partial charge in [-0.1, -0.05) is 50.1 Å². The standard InChI is InChI=1S/C10H7BrS.C6H6BrN/c11-9-5-3-8(4-6-9)10-2-1-7-12-10;7-5-1-3-6(8)4-2-5/h1-7H;1-4H,8H2. The SMILES string of the molecule is Brc1ccc(-c2cccs2)cc1.Nc1ccc(Br)cc1. The minimum atomic E-state index is 0.799. The number of benzene rings is 2. The highest BCUT2D eigenvalue weighted by Gasteiger charge is 1.96. The summed E-state index contributed by atoms with van der Waals surface area (Å²) in [4.78, 5) is 1.32. The van der Waals surface area contributed by atoms with Crippen molar-refractivity contribution in [1.82, 2.24) is 0 Å². The molecule has 3 aromatic rings. The molecule has 0 fully saturated rings. The van der Waals surface area contributed by atoms with Crippen LogP contribution in [0.2, 0.25) is 0 Å². The van der Waals surface area contributed by atoms with E-state index in [9.17, 15) is 0 Å². The highest BCUT2D eigenvalue weighted by atomic mass is 79.9. The number of hydrogen-bond donors (Lipinski definition) is 1. The normalized spacial score (nSPS) is 9.70. The second-order valence-corrected chi connectivity index (χ2v) is 6.81. The zero-order chi connectivity index (χ0) is 14.4. The van der Waals surface area contributed by atoms with Crippen molar-refractivity contribution in [3.63, 3.8) is 0 Å². The Kier molecular flexibility index (Phi) is 5.83. The quantitative estimate of drug-likeness (QED) is 0.474. The maximum Gasteiger partial charge on any atom is 0.0342 e. The third kappa shape index (κ3) is 4.78. The maximum absolute atomic E-state index is 5.41. The average molecular weight is 411 g/mol. The lowest BCUT2D eigenvalue weighted by Crippen LogP contribution is -1.80. The largest absolute Gasteiger partial charge is 0.399 e. The van der Waals surface area contributed by atoms with E-state index in [4.69, 9.17) is 5.73 Å². The van der Waals surface area contributed by atoms with Crippen LogP contribution >= 0.6 is 43.2 Å². The lowest BCUT2D eigenvalue weighted by Gasteiger charge is -1.95. The van der Waals surface area contributed by atoms with Gasteiger partial charge in [-0.05, 0) is 53.4 Å². The van der Waals surface area contributed by atoms with Crippen molar-refractivity contribution in [2.45, 2.75) is 0 Å². The van der Waals surface area contributed by atoms with Gasteiger partial charge in [-0.3, -0.25) is 0 Å². The van der Waals surface area contributed by atoms with E-state index in [1.807, 2.05) is 24.3 Å². The van der Waals surface area contributed by atoms with Crippen LogP contribution in [0.1, 0.15) is 0 Å². The van der Waals surface area contributed by atoms with Crippen LogP contribution in [-0.4, -0.2) is 0 Å². The van der Waals surface area contributed by atoms with Crippen molar-refractivity contribution in [1.29, 1.82) is 0 Å². The van der Waals surface area contributed by atoms with E-state index in [-0.39, 0.29) is 0 Å². The molecule has 102 valence electrons. The van der Waals surface area contributed by atoms with E-state index >= 15 is 0 Å². The summed E-state index contributed by atoms with van der Waals surface area (Å²) in [6, 6.07) is 20.1. The van der Waals surface area contributed by atoms with Gasteiger partial charge in [0.2, 0.25) is 0 Å². The van der Waals surface area contributed by atoms with Gasteiger partial charge in [0, 0.05) is 19.5 Å². The average Bonchev–Trinajstić information content (AvgIpc) is 2.98. The fourth-order valence-electron chi connectivity index (χ4n) is 1.52. The number of halogens is 2. The first-order valence-corrected chi connectivity index (χ1v) is 8.42. The molecule has 2 aromatic carbocycles. The monoisotopic (exact) mass is 409 g/mol. The summed E-state index contributed by atoms with van der Waals surface area (Å²) < 4.78 is 2.19. The molecule has 0 saturated carbocycles. The molecule has 4 heteroatoms. The van der Waals surface area contributed by atoms with E-state index in [0.29, 0.717) is 0 Å². The van der Waals surface area contributed by atoms with Crippen LogP contribution in [-0.2, 0) is 0 Å². The Morgan fingerprint density at radius 3 is 1.75 bits per heavy atom. The minimum Gasteiger partial charge on any atom is -0.399 e. The molecular weight excluding hydrogens is 398 g/mol. The Morgan fingerprint density at radius 2 is 1.30 bits per heavy atom. The van der Waals surface area contributed by atoms with Crippen LogP contribution in [0.5, 0.6) is 0 Å². The van der Waals surface area contributed by atoms with Gasteiger partial charge in [0.05, 0.1) is 0 Å². The summed E-state index contributed by atoms with van der Waals surface area (Å²) in [5, 5.41) is 2.09. The highest BCUT2D eigenvalue weighted by molar-refractivity contribution is 9.10. The molecule has 0 amide bonds. The molecule has 1 nitrogen and oxygen atoms in total. The van der Waals surface area contributed by atoms with Crippen molar-refractivity contribution in [3.8, 4) is 10.4 Å². The van der Waals surface area contributed by atoms with E-state index in [1.54, 1.807) is 11.3 Å². The van der Waals surface area contributed by atoms with E-state index in [0.717, 1.165) is 14.6 Å². The molecule has 0 unspecified atom stereocenters. The molecule has 0 atom stereocenters. The molecule has 0 bridgehead atoms. The second-order valence-electron chi connectivity index (χ2n) is 4.04. The molecule has 2 N–H and O–H groups in total. The maximum atomic E-state index is 5.41. The number of anilines is 1. The first kappa shape index (κ1) is 15.3. The molecule has 20 heavy (non-hydrogen) atoms. The molecule has 1 heterocycles. The predicted molar refractivity (Wildman–Crippen MR) is 96.0 cm³/mol. The van der Waals surface area contributed by atoms with E-state index < -0.39 is 0 Å². The number of thiophene rings is 1. The molecule has 0 spiro atoms. The van der Waals surface area contributed by atoms with Crippen molar-refractivity contribution >= 4 is 48.9 Å². The van der Waals surface area contributed by atoms with Gasteiger partial charge >= 0.3 is 0 Å². The number of hydrogen-bond acceptors (Lipinski definition) is 2. The summed E-state index contributed by atoms with van der Waals surface area (Å²) in [6.45, 7) is 0. The smallest absolute Gasteiger partial charge is 0.0342 e. The van der Waals surface area contributed by atoms with Crippen molar-refractivity contribution < 1.29 is 0 Å². The number of nitrogens with two attached hydrogens (primary N) is 1. The summed E-state index contributed by atoms with van der Waals surface area (Å²) in [5.41, 5.74) is 7.49. The number of nitrogen functional groups attached to an aromatic ring is 1. The van der Waals surface area contributed by atoms with Gasteiger partial charge in [-0.15, -0.1) is 11.3 Å². The van der Waals surface area contributed by atoms with Crippen LogP contribution in [0, 0.1) is 0 Å². The summed E-state index contributed by atoms with van der Waals surface area (Å²) >= 11 is 8.47. The first-order valence-electron chi connectivity index (χ1n) is 5.95. The fourth-order valence-corrected chi connectivity index (χ4v) is 2.78. The van der Waals surface area contributed by atoms with Crippen molar-refractivity contribution in [2.75, 3.05) is 5.73 Å². The van der Waals surface area contributed by atoms with Gasteiger partial charge in [-0.2, -0.15) is 0 Å². The zero-order valence-electron chi connectivity index (χ0n) is 10.6. The molecule has 0 aliphatic carbocycles. The Morgan fingerprint density at radius 1 is 0.750 bits per heavy atom. The first-order chi connectivity index (χ1) is 9.65. The zero-order valence-corrected chi connectivity index (χ0v) is 14.6. The minimum absolute atomic E-state index is 0.799. The lowest BCUT2D eigenvalue weighted by atomic mass is 10.2. The Balaban J connectivity index is 0.000000160. The third-order valence-electron chi connectivity index (χ3n) is 2.52. The molecule has 3 rings (SSSR count). The molecule has 0 aliphatic rings. The van der Waals surface area contributed by atoms with Gasteiger partial charge in [-0.25, -0.2) is 0 Å². The van der Waals surface area contributed by atoms with Gasteiger partial charge in [0.1, 0.15) is 0 Å². The topological polar surface area (TPSA) is 26.0 Å². The summed E-state index contributed by atoms with van der Waals surface area (Å²) in [6.07, 6.45) is 0. The molecule has 0 aliphatic heterocycles. The van der Waals surface area contributed by atoms with Gasteiger partial charge in [0.15, 0.2) is 0 Å². The highest BCUT2D eigenvalue weighted by Crippen LogP contribution is 2.25. The molecule has 1 aromatic heterocycles. The van der Waals surface area contributed by atoms with Crippen LogP contribution in [0.4, 0.5) is 5.69 Å². The van der Waals surface area contributed by atoms with E-state index in [1.165, 1.54) is 10.4 Å². The summed E-state index contributed by atoms with van der Waals surface area (Å²) in [5.74, 6) is 0. The fraction of sp³-hybridized carbons (Fsp3) is 0. The van der Waals surface area contributed by atoms with Gasteiger partial charge in [0.25, 0.3) is 0 Å². The van der Waals surface area contributed by atoms with Crippen LogP contribution < -0.4 is 5.73 Å². The Bertz CT molecular complexity index is 610. The Hall–Kier alpha value is -1.10. The lowest BCUT2D eigenvalue weighted by molar-refractivity contribution is 1.64. The van der Waals surface area contributed by atoms with Crippen molar-refractivity contribution in [2.24, 2.45) is 0 Å². The third-order valence-corrected chi connectivity index (χ3v) is 4.50. The number of rotatable bonds is 1. The van der Waals surface area contributed by atoms with Gasteiger partial charge < -0.3 is 5.73 Å². The summed E-state index contributed by atoms with van der Waals surface area (Å²) in [7, 11) is 0. The second kappa shape index (κ2) is 7.62. The molecular formula is C16H13Br2NS. The van der Waals surface area contributed by atoms with Crippen LogP contribution in [0.25, 0.3) is 10.4 Å². The van der Waals surface area contributed by atoms with Crippen LogP contribution in [0.3, 0.4) is 0 Å². The van der Waals surface area contributed by atoms with Crippen LogP contribution in [0.15, 0.2) is 75.0 Å².